The van der Waals surface area contributed by atoms with Gasteiger partial charge in [-0.3, -0.25) is 4.57 Å². The van der Waals surface area contributed by atoms with Crippen LogP contribution < -0.4 is 10.5 Å². The Kier molecular flexibility index (Phi) is 12.5. The van der Waals surface area contributed by atoms with E-state index in [1.54, 1.807) is 24.6 Å². The van der Waals surface area contributed by atoms with Crippen molar-refractivity contribution in [1.29, 1.82) is 0 Å². The molecule has 2 rings (SSSR count). The first kappa shape index (κ1) is 30.4. The van der Waals surface area contributed by atoms with Crippen LogP contribution in [0, 0.1) is 0 Å². The van der Waals surface area contributed by atoms with Crippen molar-refractivity contribution in [3.05, 3.63) is 45.1 Å². The van der Waals surface area contributed by atoms with Crippen LogP contribution in [0.1, 0.15) is 50.4 Å². The molecule has 0 saturated heterocycles. The molecule has 0 unspecified atom stereocenters. The maximum atomic E-state index is 12.6. The van der Waals surface area contributed by atoms with E-state index in [0.717, 1.165) is 16.8 Å². The molecule has 0 saturated carbocycles. The number of amides is 1. The average Bonchev–Trinajstić information content (AvgIpc) is 3.10. The molecule has 10 nitrogen and oxygen atoms in total. The van der Waals surface area contributed by atoms with Crippen LogP contribution in [0.25, 0.3) is 0 Å². The van der Waals surface area contributed by atoms with E-state index in [1.807, 2.05) is 26.0 Å². The van der Waals surface area contributed by atoms with E-state index >= 15 is 0 Å². The Morgan fingerprint density at radius 3 is 2.28 bits per heavy atom. The van der Waals surface area contributed by atoms with Gasteiger partial charge in [0.2, 0.25) is 5.88 Å². The SMILES string of the molecule is CCOP(=O)(COCCOc1c(Cc2cc(Cl)cc(Cl)c2)c(C(C)C)nn1CCOC(N)=O)OCC. The summed E-state index contributed by atoms with van der Waals surface area (Å²) in [5.41, 5.74) is 7.64. The quantitative estimate of drug-likeness (QED) is 0.205. The molecule has 1 amide bonds. The predicted octanol–water partition coefficient (Wildman–Crippen LogP) is 5.62. The molecule has 0 spiro atoms. The highest BCUT2D eigenvalue weighted by molar-refractivity contribution is 7.53. The van der Waals surface area contributed by atoms with Crippen LogP contribution in [0.5, 0.6) is 5.88 Å². The van der Waals surface area contributed by atoms with Gasteiger partial charge in [-0.15, -0.1) is 0 Å². The first-order valence-electron chi connectivity index (χ1n) is 11.6. The van der Waals surface area contributed by atoms with Crippen LogP contribution in [0.4, 0.5) is 4.79 Å². The highest BCUT2D eigenvalue weighted by atomic mass is 35.5. The van der Waals surface area contributed by atoms with Gasteiger partial charge < -0.3 is 29.0 Å². The van der Waals surface area contributed by atoms with Crippen LogP contribution in [-0.2, 0) is 36.1 Å². The van der Waals surface area contributed by atoms with Crippen LogP contribution in [0.2, 0.25) is 10.0 Å². The van der Waals surface area contributed by atoms with E-state index in [-0.39, 0.29) is 51.8 Å². The zero-order valence-corrected chi connectivity index (χ0v) is 23.4. The summed E-state index contributed by atoms with van der Waals surface area (Å²) in [4.78, 5) is 11.0. The second kappa shape index (κ2) is 14.8. The first-order valence-corrected chi connectivity index (χ1v) is 14.1. The normalized spacial score (nSPS) is 11.8. The number of halogens is 2. The van der Waals surface area contributed by atoms with Crippen molar-refractivity contribution in [3.63, 3.8) is 0 Å². The first-order chi connectivity index (χ1) is 17.1. The molecule has 0 aliphatic rings. The fourth-order valence-electron chi connectivity index (χ4n) is 3.47. The van der Waals surface area contributed by atoms with Gasteiger partial charge in [-0.05, 0) is 43.5 Å². The van der Waals surface area contributed by atoms with E-state index in [1.165, 1.54) is 0 Å². The van der Waals surface area contributed by atoms with Gasteiger partial charge in [0.1, 0.15) is 19.6 Å². The van der Waals surface area contributed by atoms with Gasteiger partial charge in [-0.25, -0.2) is 9.48 Å². The number of hydrogen-bond donors (Lipinski definition) is 1. The maximum Gasteiger partial charge on any atom is 0.404 e. The summed E-state index contributed by atoms with van der Waals surface area (Å²) in [7, 11) is -3.32. The van der Waals surface area contributed by atoms with Crippen LogP contribution >= 0.6 is 30.8 Å². The Morgan fingerprint density at radius 1 is 1.08 bits per heavy atom. The third kappa shape index (κ3) is 9.57. The molecule has 0 radical (unpaired) electrons. The molecular weight excluding hydrogens is 532 g/mol. The number of carbonyl (C=O) groups is 1. The summed E-state index contributed by atoms with van der Waals surface area (Å²) in [5.74, 6) is 0.569. The van der Waals surface area contributed by atoms with E-state index in [4.69, 9.17) is 57.3 Å². The minimum absolute atomic E-state index is 0.0235. The van der Waals surface area contributed by atoms with Gasteiger partial charge >= 0.3 is 13.7 Å². The minimum Gasteiger partial charge on any atom is -0.475 e. The van der Waals surface area contributed by atoms with Crippen LogP contribution in [0.15, 0.2) is 18.2 Å². The summed E-state index contributed by atoms with van der Waals surface area (Å²) >= 11 is 12.4. The molecule has 0 aliphatic heterocycles. The van der Waals surface area contributed by atoms with Gasteiger partial charge in [0.15, 0.2) is 0 Å². The Morgan fingerprint density at radius 2 is 1.72 bits per heavy atom. The summed E-state index contributed by atoms with van der Waals surface area (Å²) in [6.45, 7) is 8.54. The number of aromatic nitrogens is 2. The zero-order valence-electron chi connectivity index (χ0n) is 21.0. The van der Waals surface area contributed by atoms with E-state index in [2.05, 4.69) is 0 Å². The predicted molar refractivity (Wildman–Crippen MR) is 138 cm³/mol. The number of carbonyl (C=O) groups excluding carboxylic acids is 1. The fourth-order valence-corrected chi connectivity index (χ4v) is 5.41. The van der Waals surface area contributed by atoms with Crippen LogP contribution in [0.3, 0.4) is 0 Å². The highest BCUT2D eigenvalue weighted by Crippen LogP contribution is 2.47. The lowest BCUT2D eigenvalue weighted by molar-refractivity contribution is 0.101. The Labute approximate surface area is 221 Å². The number of nitrogens with zero attached hydrogens (tertiary/aromatic N) is 2. The van der Waals surface area contributed by atoms with Gasteiger partial charge in [-0.1, -0.05) is 37.0 Å². The lowest BCUT2D eigenvalue weighted by atomic mass is 9.99. The van der Waals surface area contributed by atoms with Crippen molar-refractivity contribution in [1.82, 2.24) is 9.78 Å². The van der Waals surface area contributed by atoms with E-state index in [0.29, 0.717) is 22.3 Å². The standard InChI is InChI=1S/C23H34Cl2N3O7P/c1-5-34-36(30,35-6-2)15-31-9-10-32-22-20(13-17-11-18(24)14-19(25)12-17)21(16(3)4)27-28(22)7-8-33-23(26)29/h11-12,14,16H,5-10,13,15H2,1-4H3,(H2,26,29). The lowest BCUT2D eigenvalue weighted by Crippen LogP contribution is -2.18. The van der Waals surface area contributed by atoms with E-state index in [9.17, 15) is 9.36 Å². The van der Waals surface area contributed by atoms with Crippen molar-refractivity contribution >= 4 is 36.9 Å². The summed E-state index contributed by atoms with van der Waals surface area (Å²) in [6.07, 6.45) is -0.594. The van der Waals surface area contributed by atoms with Crippen molar-refractivity contribution in [3.8, 4) is 5.88 Å². The second-order valence-electron chi connectivity index (χ2n) is 8.00. The van der Waals surface area contributed by atoms with Crippen molar-refractivity contribution in [2.75, 3.05) is 39.4 Å². The van der Waals surface area contributed by atoms with Gasteiger partial charge in [0.25, 0.3) is 0 Å². The van der Waals surface area contributed by atoms with Crippen molar-refractivity contribution < 1.29 is 32.6 Å². The minimum atomic E-state index is -3.32. The molecule has 0 bridgehead atoms. The third-order valence-electron chi connectivity index (χ3n) is 4.80. The molecule has 2 aromatic rings. The molecule has 2 N–H and O–H groups in total. The van der Waals surface area contributed by atoms with Gasteiger partial charge in [0, 0.05) is 22.0 Å². The second-order valence-corrected chi connectivity index (χ2v) is 10.9. The highest BCUT2D eigenvalue weighted by Gasteiger charge is 2.25. The Bertz CT molecular complexity index is 1020. The molecular formula is C23H34Cl2N3O7P. The molecule has 1 aromatic heterocycles. The molecule has 0 aliphatic carbocycles. The molecule has 13 heteroatoms. The molecule has 0 fully saturated rings. The van der Waals surface area contributed by atoms with Gasteiger partial charge in [0.05, 0.1) is 32.1 Å². The molecule has 0 atom stereocenters. The zero-order chi connectivity index (χ0) is 26.7. The average molecular weight is 566 g/mol. The number of benzene rings is 1. The van der Waals surface area contributed by atoms with E-state index < -0.39 is 13.7 Å². The number of hydrogen-bond acceptors (Lipinski definition) is 8. The Hall–Kier alpha value is -1.81. The topological polar surface area (TPSA) is 124 Å². The number of primary amides is 1. The molecule has 36 heavy (non-hydrogen) atoms. The number of nitrogens with two attached hydrogens (primary N) is 1. The molecule has 202 valence electrons. The summed E-state index contributed by atoms with van der Waals surface area (Å²) < 4.78 is 41.2. The van der Waals surface area contributed by atoms with Crippen molar-refractivity contribution in [2.45, 2.75) is 46.6 Å². The smallest absolute Gasteiger partial charge is 0.404 e. The molecule has 1 aromatic carbocycles. The lowest BCUT2D eigenvalue weighted by Gasteiger charge is -2.17. The fraction of sp³-hybridized carbons (Fsp3) is 0.565. The van der Waals surface area contributed by atoms with Crippen molar-refractivity contribution in [2.24, 2.45) is 5.73 Å². The monoisotopic (exact) mass is 565 g/mol. The summed E-state index contributed by atoms with van der Waals surface area (Å²) in [5, 5.41) is 5.75. The summed E-state index contributed by atoms with van der Waals surface area (Å²) in [6, 6.07) is 5.33. The number of rotatable bonds is 16. The third-order valence-corrected chi connectivity index (χ3v) is 7.03. The van der Waals surface area contributed by atoms with Gasteiger partial charge in [-0.2, -0.15) is 5.10 Å². The Balaban J connectivity index is 2.23. The number of ether oxygens (including phenoxy) is 3. The largest absolute Gasteiger partial charge is 0.475 e. The molecule has 1 heterocycles. The maximum absolute atomic E-state index is 12.6. The van der Waals surface area contributed by atoms with Crippen LogP contribution in [-0.4, -0.2) is 55.3 Å².